The van der Waals surface area contributed by atoms with Crippen molar-refractivity contribution in [3.8, 4) is 11.1 Å². The van der Waals surface area contributed by atoms with E-state index in [1.807, 2.05) is 66.4 Å². The van der Waals surface area contributed by atoms with Gasteiger partial charge in [-0.3, -0.25) is 14.5 Å². The van der Waals surface area contributed by atoms with E-state index in [1.54, 1.807) is 0 Å². The fraction of sp³-hybridized carbons (Fsp3) is 0.440. The van der Waals surface area contributed by atoms with Crippen molar-refractivity contribution in [3.63, 3.8) is 0 Å². The van der Waals surface area contributed by atoms with Crippen LogP contribution in [0.3, 0.4) is 0 Å². The molecule has 31 heavy (non-hydrogen) atoms. The predicted octanol–water partition coefficient (Wildman–Crippen LogP) is 3.25. The molecule has 2 fully saturated rings. The van der Waals surface area contributed by atoms with Crippen molar-refractivity contribution < 1.29 is 14.3 Å². The molecule has 6 nitrogen and oxygen atoms in total. The van der Waals surface area contributed by atoms with Crippen LogP contribution in [0.5, 0.6) is 0 Å². The van der Waals surface area contributed by atoms with Crippen molar-refractivity contribution in [1.82, 2.24) is 9.80 Å². The third kappa shape index (κ3) is 5.14. The number of rotatable bonds is 5. The summed E-state index contributed by atoms with van der Waals surface area (Å²) in [5.41, 5.74) is 2.91. The number of carbonyl (C=O) groups is 2. The Kier molecular flexibility index (Phi) is 6.99. The predicted molar refractivity (Wildman–Crippen MR) is 122 cm³/mol. The van der Waals surface area contributed by atoms with Crippen molar-refractivity contribution >= 4 is 17.5 Å². The van der Waals surface area contributed by atoms with Crippen molar-refractivity contribution in [2.45, 2.75) is 25.8 Å². The highest BCUT2D eigenvalue weighted by Crippen LogP contribution is 2.28. The summed E-state index contributed by atoms with van der Waals surface area (Å²) in [7, 11) is 0. The molecule has 2 saturated heterocycles. The molecule has 0 bridgehead atoms. The first kappa shape index (κ1) is 21.5. The van der Waals surface area contributed by atoms with Crippen LogP contribution in [0, 0.1) is 5.92 Å². The molecule has 0 saturated carbocycles. The summed E-state index contributed by atoms with van der Waals surface area (Å²) in [6.07, 6.45) is 1.60. The molecule has 2 aromatic rings. The van der Waals surface area contributed by atoms with Gasteiger partial charge < -0.3 is 15.0 Å². The lowest BCUT2D eigenvalue weighted by molar-refractivity contribution is -0.141. The Bertz CT molecular complexity index is 888. The molecule has 164 valence electrons. The molecule has 1 unspecified atom stereocenters. The second-order valence-electron chi connectivity index (χ2n) is 8.32. The van der Waals surface area contributed by atoms with Crippen LogP contribution in [-0.4, -0.2) is 67.0 Å². The average molecular weight is 422 g/mol. The second kappa shape index (κ2) is 10.1. The van der Waals surface area contributed by atoms with Gasteiger partial charge in [-0.1, -0.05) is 48.5 Å². The van der Waals surface area contributed by atoms with Crippen LogP contribution in [0.2, 0.25) is 0 Å². The van der Waals surface area contributed by atoms with Crippen molar-refractivity contribution in [1.29, 1.82) is 0 Å². The van der Waals surface area contributed by atoms with Gasteiger partial charge in [-0.15, -0.1) is 0 Å². The average Bonchev–Trinajstić information content (AvgIpc) is 2.84. The van der Waals surface area contributed by atoms with Gasteiger partial charge in [0.2, 0.25) is 11.8 Å². The largest absolute Gasteiger partial charge is 0.378 e. The monoisotopic (exact) mass is 421 g/mol. The minimum Gasteiger partial charge on any atom is -0.378 e. The van der Waals surface area contributed by atoms with E-state index in [2.05, 4.69) is 10.2 Å². The first-order chi connectivity index (χ1) is 15.1. The highest BCUT2D eigenvalue weighted by atomic mass is 16.5. The Morgan fingerprint density at radius 3 is 2.29 bits per heavy atom. The van der Waals surface area contributed by atoms with E-state index in [0.717, 1.165) is 42.7 Å². The number of morpholine rings is 1. The van der Waals surface area contributed by atoms with Crippen LogP contribution >= 0.6 is 0 Å². The Hall–Kier alpha value is -2.70. The van der Waals surface area contributed by atoms with E-state index >= 15 is 0 Å². The van der Waals surface area contributed by atoms with Gasteiger partial charge in [-0.05, 0) is 44.5 Å². The maximum absolute atomic E-state index is 13.0. The molecule has 2 amide bonds. The number of anilines is 1. The number of hydrogen-bond acceptors (Lipinski definition) is 4. The third-order valence-corrected chi connectivity index (χ3v) is 6.40. The van der Waals surface area contributed by atoms with Crippen LogP contribution < -0.4 is 5.32 Å². The molecule has 0 aliphatic carbocycles. The number of nitrogens with zero attached hydrogens (tertiary/aromatic N) is 2. The molecule has 0 spiro atoms. The zero-order valence-electron chi connectivity index (χ0n) is 18.1. The summed E-state index contributed by atoms with van der Waals surface area (Å²) in [5.74, 6) is 0.293. The summed E-state index contributed by atoms with van der Waals surface area (Å²) in [6.45, 7) is 6.12. The highest BCUT2D eigenvalue weighted by molar-refractivity contribution is 5.98. The molecule has 0 radical (unpaired) electrons. The zero-order chi connectivity index (χ0) is 21.6. The second-order valence-corrected chi connectivity index (χ2v) is 8.32. The Balaban J connectivity index is 1.34. The van der Waals surface area contributed by atoms with Crippen molar-refractivity contribution in [2.24, 2.45) is 5.92 Å². The molecule has 1 N–H and O–H groups in total. The minimum atomic E-state index is -0.247. The van der Waals surface area contributed by atoms with Gasteiger partial charge in [-0.25, -0.2) is 0 Å². The van der Waals surface area contributed by atoms with Crippen LogP contribution in [0.4, 0.5) is 5.69 Å². The van der Waals surface area contributed by atoms with Gasteiger partial charge in [0.15, 0.2) is 0 Å². The fourth-order valence-electron chi connectivity index (χ4n) is 4.44. The topological polar surface area (TPSA) is 61.9 Å². The van der Waals surface area contributed by atoms with Crippen molar-refractivity contribution in [2.75, 3.05) is 44.7 Å². The normalized spacial score (nSPS) is 19.1. The lowest BCUT2D eigenvalue weighted by atomic mass is 9.94. The molecule has 4 rings (SSSR count). The van der Waals surface area contributed by atoms with Gasteiger partial charge in [0.05, 0.1) is 19.3 Å². The summed E-state index contributed by atoms with van der Waals surface area (Å²) in [4.78, 5) is 29.9. The summed E-state index contributed by atoms with van der Waals surface area (Å²) in [6, 6.07) is 17.7. The van der Waals surface area contributed by atoms with Gasteiger partial charge in [0, 0.05) is 30.3 Å². The fourth-order valence-corrected chi connectivity index (χ4v) is 4.44. The zero-order valence-corrected chi connectivity index (χ0v) is 18.1. The smallest absolute Gasteiger partial charge is 0.241 e. The molecule has 1 atom stereocenters. The number of likely N-dealkylation sites (tertiary alicyclic amines) is 1. The SMILES string of the molecule is CC(C(=O)Nc1ccccc1-c1ccccc1)N1CCC(C(=O)N2CCOCC2)CC1. The molecular formula is C25H31N3O3. The highest BCUT2D eigenvalue weighted by Gasteiger charge is 2.32. The molecule has 2 aliphatic heterocycles. The Morgan fingerprint density at radius 1 is 0.935 bits per heavy atom. The van der Waals surface area contributed by atoms with E-state index in [1.165, 1.54) is 0 Å². The lowest BCUT2D eigenvalue weighted by Crippen LogP contribution is -2.50. The number of nitrogens with one attached hydrogen (secondary N) is 1. The summed E-state index contributed by atoms with van der Waals surface area (Å²) >= 11 is 0. The van der Waals surface area contributed by atoms with E-state index in [9.17, 15) is 9.59 Å². The number of para-hydroxylation sites is 1. The standard InChI is InChI=1S/C25H31N3O3/c1-19(27-13-11-21(12-14-27)25(30)28-15-17-31-18-16-28)24(29)26-23-10-6-5-9-22(23)20-7-3-2-4-8-20/h2-10,19,21H,11-18H2,1H3,(H,26,29). The molecule has 2 aromatic carbocycles. The number of hydrogen-bond donors (Lipinski definition) is 1. The maximum Gasteiger partial charge on any atom is 0.241 e. The first-order valence-corrected chi connectivity index (χ1v) is 11.2. The number of ether oxygens (including phenoxy) is 1. The first-order valence-electron chi connectivity index (χ1n) is 11.2. The van der Waals surface area contributed by atoms with E-state index in [-0.39, 0.29) is 23.8 Å². The number of carbonyl (C=O) groups excluding carboxylic acids is 2. The van der Waals surface area contributed by atoms with E-state index in [0.29, 0.717) is 26.3 Å². The third-order valence-electron chi connectivity index (χ3n) is 6.40. The molecule has 2 heterocycles. The van der Waals surface area contributed by atoms with E-state index < -0.39 is 0 Å². The maximum atomic E-state index is 13.0. The Labute approximate surface area is 184 Å². The van der Waals surface area contributed by atoms with E-state index in [4.69, 9.17) is 4.74 Å². The molecule has 0 aromatic heterocycles. The van der Waals surface area contributed by atoms with Gasteiger partial charge in [-0.2, -0.15) is 0 Å². The number of piperidine rings is 1. The number of amides is 2. The van der Waals surface area contributed by atoms with Gasteiger partial charge in [0.1, 0.15) is 0 Å². The molecule has 2 aliphatic rings. The lowest BCUT2D eigenvalue weighted by Gasteiger charge is -2.37. The minimum absolute atomic E-state index is 0.0127. The Morgan fingerprint density at radius 2 is 1.58 bits per heavy atom. The van der Waals surface area contributed by atoms with Crippen LogP contribution in [-0.2, 0) is 14.3 Å². The van der Waals surface area contributed by atoms with Crippen LogP contribution in [0.25, 0.3) is 11.1 Å². The van der Waals surface area contributed by atoms with Gasteiger partial charge >= 0.3 is 0 Å². The number of benzene rings is 2. The molecule has 6 heteroatoms. The quantitative estimate of drug-likeness (QED) is 0.805. The van der Waals surface area contributed by atoms with Crippen molar-refractivity contribution in [3.05, 3.63) is 54.6 Å². The van der Waals surface area contributed by atoms with Crippen LogP contribution in [0.15, 0.2) is 54.6 Å². The van der Waals surface area contributed by atoms with Crippen LogP contribution in [0.1, 0.15) is 19.8 Å². The van der Waals surface area contributed by atoms with Gasteiger partial charge in [0.25, 0.3) is 0 Å². The molecular weight excluding hydrogens is 390 g/mol. The summed E-state index contributed by atoms with van der Waals surface area (Å²) in [5, 5.41) is 3.12. The summed E-state index contributed by atoms with van der Waals surface area (Å²) < 4.78 is 5.35.